The van der Waals surface area contributed by atoms with Gasteiger partial charge in [0.2, 0.25) is 0 Å². The lowest BCUT2D eigenvalue weighted by atomic mass is 9.95. The molecular formula is C21H24N4O7. The molecule has 0 aliphatic carbocycles. The van der Waals surface area contributed by atoms with Gasteiger partial charge in [-0.15, -0.1) is 0 Å². The van der Waals surface area contributed by atoms with E-state index in [4.69, 9.17) is 9.47 Å². The van der Waals surface area contributed by atoms with Gasteiger partial charge in [0.1, 0.15) is 5.75 Å². The number of amides is 6. The highest BCUT2D eigenvalue weighted by molar-refractivity contribution is 6.44. The van der Waals surface area contributed by atoms with Crippen LogP contribution in [0.5, 0.6) is 5.75 Å². The van der Waals surface area contributed by atoms with Crippen LogP contribution in [0.1, 0.15) is 32.4 Å². The average molecular weight is 444 g/mol. The van der Waals surface area contributed by atoms with Crippen molar-refractivity contribution in [2.24, 2.45) is 0 Å². The van der Waals surface area contributed by atoms with E-state index in [1.54, 1.807) is 45.0 Å². The van der Waals surface area contributed by atoms with Crippen molar-refractivity contribution >= 4 is 29.8 Å². The van der Waals surface area contributed by atoms with Gasteiger partial charge in [0.15, 0.2) is 0 Å². The summed E-state index contributed by atoms with van der Waals surface area (Å²) in [5, 5.41) is 5.14. The summed E-state index contributed by atoms with van der Waals surface area (Å²) in [6.45, 7) is 4.42. The van der Waals surface area contributed by atoms with Gasteiger partial charge in [-0.1, -0.05) is 12.1 Å². The van der Waals surface area contributed by atoms with Crippen LogP contribution in [0.3, 0.4) is 0 Å². The Morgan fingerprint density at radius 3 is 2.28 bits per heavy atom. The first-order chi connectivity index (χ1) is 15.2. The van der Waals surface area contributed by atoms with Crippen molar-refractivity contribution in [1.29, 1.82) is 0 Å². The van der Waals surface area contributed by atoms with Gasteiger partial charge >= 0.3 is 29.8 Å². The molecule has 1 aromatic carbocycles. The number of hydrogen-bond donors (Lipinski definition) is 2. The zero-order valence-electron chi connectivity index (χ0n) is 18.1. The number of carbonyl (C=O) groups excluding carboxylic acids is 5. The van der Waals surface area contributed by atoms with Crippen molar-refractivity contribution in [1.82, 2.24) is 20.4 Å². The number of nitrogens with zero attached hydrogens (tertiary/aromatic N) is 2. The monoisotopic (exact) mass is 444 g/mol. The largest absolute Gasteiger partial charge is 0.497 e. The van der Waals surface area contributed by atoms with Crippen LogP contribution >= 0.6 is 0 Å². The Bertz CT molecular complexity index is 1000. The SMILES string of the molecule is CCOC(=O)C1=C(CN2C(=O)C(=O)N(C(C)C)C2=O)NC(=O)N[C@H]1c1ccc(OC)cc1. The summed E-state index contributed by atoms with van der Waals surface area (Å²) >= 11 is 0. The van der Waals surface area contributed by atoms with Crippen LogP contribution in [0.25, 0.3) is 0 Å². The van der Waals surface area contributed by atoms with Gasteiger partial charge in [-0.25, -0.2) is 19.3 Å². The maximum absolute atomic E-state index is 12.8. The molecule has 11 heteroatoms. The number of esters is 1. The lowest BCUT2D eigenvalue weighted by molar-refractivity contribution is -0.143. The van der Waals surface area contributed by atoms with Gasteiger partial charge in [0.25, 0.3) is 0 Å². The molecule has 0 aromatic heterocycles. The molecule has 1 saturated heterocycles. The standard InChI is InChI=1S/C21H24N4O7/c1-5-32-19(28)15-14(10-24-17(26)18(27)25(11(2)3)21(24)30)22-20(29)23-16(15)12-6-8-13(31-4)9-7-12/h6-9,11,16H,5,10H2,1-4H3,(H2,22,23,29)/t16-/m0/s1. The van der Waals surface area contributed by atoms with E-state index >= 15 is 0 Å². The first-order valence-electron chi connectivity index (χ1n) is 10.00. The highest BCUT2D eigenvalue weighted by Gasteiger charge is 2.47. The minimum Gasteiger partial charge on any atom is -0.497 e. The average Bonchev–Trinajstić information content (AvgIpc) is 2.96. The Morgan fingerprint density at radius 2 is 1.75 bits per heavy atom. The minimum atomic E-state index is -1.03. The molecule has 0 radical (unpaired) electrons. The molecule has 0 saturated carbocycles. The Balaban J connectivity index is 2.04. The van der Waals surface area contributed by atoms with E-state index in [0.29, 0.717) is 16.2 Å². The fourth-order valence-electron chi connectivity index (χ4n) is 3.51. The normalized spacial score (nSPS) is 18.8. The molecule has 2 aliphatic heterocycles. The Morgan fingerprint density at radius 1 is 1.09 bits per heavy atom. The summed E-state index contributed by atoms with van der Waals surface area (Å²) in [4.78, 5) is 64.1. The van der Waals surface area contributed by atoms with Gasteiger partial charge in [-0.05, 0) is 38.5 Å². The first kappa shape index (κ1) is 22.8. The lowest BCUT2D eigenvalue weighted by Gasteiger charge is -2.30. The summed E-state index contributed by atoms with van der Waals surface area (Å²) < 4.78 is 10.3. The van der Waals surface area contributed by atoms with Crippen LogP contribution in [-0.4, -0.2) is 65.9 Å². The lowest BCUT2D eigenvalue weighted by Crippen LogP contribution is -2.49. The summed E-state index contributed by atoms with van der Waals surface area (Å²) in [7, 11) is 1.51. The molecule has 6 amide bonds. The molecule has 1 fully saturated rings. The van der Waals surface area contributed by atoms with Crippen molar-refractivity contribution in [2.75, 3.05) is 20.3 Å². The summed E-state index contributed by atoms with van der Waals surface area (Å²) in [5.74, 6) is -2.15. The van der Waals surface area contributed by atoms with Gasteiger partial charge < -0.3 is 20.1 Å². The number of hydrogen-bond acceptors (Lipinski definition) is 7. The van der Waals surface area contributed by atoms with Crippen molar-refractivity contribution in [2.45, 2.75) is 32.9 Å². The fraction of sp³-hybridized carbons (Fsp3) is 0.381. The Kier molecular flexibility index (Phi) is 6.47. The maximum atomic E-state index is 12.8. The van der Waals surface area contributed by atoms with E-state index in [2.05, 4.69) is 10.6 Å². The summed E-state index contributed by atoms with van der Waals surface area (Å²) in [6, 6.07) is 3.77. The molecule has 11 nitrogen and oxygen atoms in total. The topological polar surface area (TPSA) is 134 Å². The molecule has 0 bridgehead atoms. The summed E-state index contributed by atoms with van der Waals surface area (Å²) in [5.41, 5.74) is 0.570. The molecule has 2 aliphatic rings. The second-order valence-electron chi connectivity index (χ2n) is 7.36. The third-order valence-corrected chi connectivity index (χ3v) is 5.01. The first-order valence-corrected chi connectivity index (χ1v) is 10.00. The van der Waals surface area contributed by atoms with E-state index in [9.17, 15) is 24.0 Å². The minimum absolute atomic E-state index is 0.00637. The molecule has 2 heterocycles. The van der Waals surface area contributed by atoms with Gasteiger partial charge in [-0.3, -0.25) is 14.5 Å². The molecule has 0 spiro atoms. The third-order valence-electron chi connectivity index (χ3n) is 5.01. The predicted molar refractivity (Wildman–Crippen MR) is 110 cm³/mol. The van der Waals surface area contributed by atoms with Gasteiger partial charge in [-0.2, -0.15) is 0 Å². The van der Waals surface area contributed by atoms with Crippen molar-refractivity contribution < 1.29 is 33.4 Å². The van der Waals surface area contributed by atoms with Crippen molar-refractivity contribution in [3.05, 3.63) is 41.1 Å². The summed E-state index contributed by atoms with van der Waals surface area (Å²) in [6.07, 6.45) is 0. The highest BCUT2D eigenvalue weighted by Crippen LogP contribution is 2.30. The molecule has 32 heavy (non-hydrogen) atoms. The fourth-order valence-corrected chi connectivity index (χ4v) is 3.51. The molecule has 1 atom stereocenters. The maximum Gasteiger partial charge on any atom is 0.338 e. The molecule has 2 N–H and O–H groups in total. The highest BCUT2D eigenvalue weighted by atomic mass is 16.5. The van der Waals surface area contributed by atoms with Gasteiger partial charge in [0, 0.05) is 6.04 Å². The molecule has 1 aromatic rings. The predicted octanol–water partition coefficient (Wildman–Crippen LogP) is 1.07. The molecule has 3 rings (SSSR count). The molecule has 0 unspecified atom stereocenters. The van der Waals surface area contributed by atoms with Crippen molar-refractivity contribution in [3.8, 4) is 5.75 Å². The Hall–Kier alpha value is -3.89. The van der Waals surface area contributed by atoms with Gasteiger partial charge in [0.05, 0.1) is 37.6 Å². The smallest absolute Gasteiger partial charge is 0.338 e. The zero-order chi connectivity index (χ0) is 23.6. The quantitative estimate of drug-likeness (QED) is 0.365. The number of nitrogens with one attached hydrogen (secondary N) is 2. The molecular weight excluding hydrogens is 420 g/mol. The number of urea groups is 2. The second kappa shape index (κ2) is 9.08. The Labute approximate surface area is 184 Å². The number of rotatable bonds is 7. The van der Waals surface area contributed by atoms with E-state index < -0.39 is 48.5 Å². The van der Waals surface area contributed by atoms with Crippen LogP contribution in [0.2, 0.25) is 0 Å². The van der Waals surface area contributed by atoms with E-state index in [0.717, 1.165) is 4.90 Å². The third kappa shape index (κ3) is 4.13. The second-order valence-corrected chi connectivity index (χ2v) is 7.36. The number of imide groups is 2. The number of methoxy groups -OCH3 is 1. The van der Waals surface area contributed by atoms with Crippen LogP contribution in [0.15, 0.2) is 35.5 Å². The van der Waals surface area contributed by atoms with Crippen molar-refractivity contribution in [3.63, 3.8) is 0 Å². The number of ether oxygens (including phenoxy) is 2. The van der Waals surface area contributed by atoms with E-state index in [1.165, 1.54) is 7.11 Å². The van der Waals surface area contributed by atoms with Crippen LogP contribution in [0, 0.1) is 0 Å². The van der Waals surface area contributed by atoms with Crippen LogP contribution < -0.4 is 15.4 Å². The van der Waals surface area contributed by atoms with E-state index in [-0.39, 0.29) is 17.9 Å². The van der Waals surface area contributed by atoms with E-state index in [1.807, 2.05) is 0 Å². The van der Waals surface area contributed by atoms with Crippen LogP contribution in [-0.2, 0) is 19.1 Å². The molecule has 170 valence electrons. The number of benzene rings is 1. The zero-order valence-corrected chi connectivity index (χ0v) is 18.1. The number of carbonyl (C=O) groups is 5. The van der Waals surface area contributed by atoms with Crippen LogP contribution in [0.4, 0.5) is 9.59 Å².